The number of urea groups is 1. The minimum atomic E-state index is -0.396. The van der Waals surface area contributed by atoms with E-state index in [2.05, 4.69) is 10.6 Å². The zero-order valence-electron chi connectivity index (χ0n) is 13.4. The molecule has 0 spiro atoms. The number of anilines is 1. The van der Waals surface area contributed by atoms with E-state index in [-0.39, 0.29) is 17.8 Å². The summed E-state index contributed by atoms with van der Waals surface area (Å²) in [6.07, 6.45) is 8.80. The molecule has 0 aromatic heterocycles. The second-order valence-corrected chi connectivity index (χ2v) is 7.35. The van der Waals surface area contributed by atoms with Gasteiger partial charge in [0.1, 0.15) is 5.82 Å². The predicted molar refractivity (Wildman–Crippen MR) is 87.0 cm³/mol. The van der Waals surface area contributed by atoms with E-state index < -0.39 is 5.82 Å². The van der Waals surface area contributed by atoms with Crippen molar-refractivity contribution in [3.63, 3.8) is 0 Å². The highest BCUT2D eigenvalue weighted by Crippen LogP contribution is 2.27. The maximum absolute atomic E-state index is 13.6. The van der Waals surface area contributed by atoms with Crippen LogP contribution in [0.5, 0.6) is 0 Å². The van der Waals surface area contributed by atoms with Gasteiger partial charge in [0, 0.05) is 31.7 Å². The van der Waals surface area contributed by atoms with Crippen molar-refractivity contribution in [2.24, 2.45) is 0 Å². The number of rotatable bonds is 3. The molecule has 2 amide bonds. The average Bonchev–Trinajstić information content (AvgIpc) is 3.33. The highest BCUT2D eigenvalue weighted by Gasteiger charge is 2.48. The van der Waals surface area contributed by atoms with E-state index in [1.807, 2.05) is 4.90 Å². The lowest BCUT2D eigenvalue weighted by Crippen LogP contribution is -3.22. The first-order valence-electron chi connectivity index (χ1n) is 8.89. The normalized spacial score (nSPS) is 33.1. The molecule has 2 saturated heterocycles. The minimum Gasteiger partial charge on any atom is -0.335 e. The van der Waals surface area contributed by atoms with Crippen molar-refractivity contribution in [2.75, 3.05) is 5.32 Å². The molecule has 0 unspecified atom stereocenters. The van der Waals surface area contributed by atoms with Crippen LogP contribution in [0.3, 0.4) is 0 Å². The van der Waals surface area contributed by atoms with Crippen LogP contribution in [-0.2, 0) is 0 Å². The van der Waals surface area contributed by atoms with Crippen LogP contribution in [0.15, 0.2) is 24.3 Å². The quantitative estimate of drug-likeness (QED) is 0.785. The lowest BCUT2D eigenvalue weighted by atomic mass is 9.81. The zero-order chi connectivity index (χ0) is 15.8. The molecule has 1 aromatic rings. The number of amides is 2. The van der Waals surface area contributed by atoms with Gasteiger partial charge in [-0.15, -0.1) is 0 Å². The number of benzene rings is 1. The smallest absolute Gasteiger partial charge is 0.319 e. The number of nitrogens with one attached hydrogen (secondary N) is 3. The molecule has 3 aliphatic rings. The Morgan fingerprint density at radius 1 is 1.04 bits per heavy atom. The molecule has 4 nitrogen and oxygen atoms in total. The van der Waals surface area contributed by atoms with Crippen LogP contribution in [0.25, 0.3) is 0 Å². The second-order valence-electron chi connectivity index (χ2n) is 7.35. The summed E-state index contributed by atoms with van der Waals surface area (Å²) in [6, 6.07) is 8.52. The molecule has 2 bridgehead atoms. The lowest BCUT2D eigenvalue weighted by Gasteiger charge is -2.46. The molecule has 1 aliphatic carbocycles. The summed E-state index contributed by atoms with van der Waals surface area (Å²) < 4.78 is 13.6. The topological polar surface area (TPSA) is 45.6 Å². The van der Waals surface area contributed by atoms with E-state index >= 15 is 0 Å². The van der Waals surface area contributed by atoms with Crippen LogP contribution in [0.1, 0.15) is 44.9 Å². The molecule has 2 aliphatic heterocycles. The largest absolute Gasteiger partial charge is 0.335 e. The number of quaternary nitrogens is 1. The van der Waals surface area contributed by atoms with Crippen molar-refractivity contribution in [1.29, 1.82) is 0 Å². The van der Waals surface area contributed by atoms with Crippen molar-refractivity contribution in [3.8, 4) is 0 Å². The molecule has 2 heterocycles. The van der Waals surface area contributed by atoms with E-state index in [1.165, 1.54) is 38.2 Å². The molecule has 0 radical (unpaired) electrons. The van der Waals surface area contributed by atoms with E-state index in [9.17, 15) is 9.18 Å². The summed E-state index contributed by atoms with van der Waals surface area (Å²) in [7, 11) is 0. The van der Waals surface area contributed by atoms with E-state index in [0.717, 1.165) is 18.9 Å². The number of piperidine rings is 2. The lowest BCUT2D eigenvalue weighted by molar-refractivity contribution is -0.971. The van der Waals surface area contributed by atoms with Gasteiger partial charge in [-0.3, -0.25) is 0 Å². The van der Waals surface area contributed by atoms with Crippen molar-refractivity contribution >= 4 is 11.7 Å². The Balaban J connectivity index is 1.36. The Morgan fingerprint density at radius 2 is 1.74 bits per heavy atom. The van der Waals surface area contributed by atoms with Gasteiger partial charge in [-0.1, -0.05) is 12.1 Å². The molecule has 3 fully saturated rings. The highest BCUT2D eigenvalue weighted by molar-refractivity contribution is 5.89. The molecule has 5 heteroatoms. The molecule has 124 valence electrons. The summed E-state index contributed by atoms with van der Waals surface area (Å²) in [5.74, 6) is -0.396. The van der Waals surface area contributed by atoms with Gasteiger partial charge in [-0.25, -0.2) is 9.18 Å². The fraction of sp³-hybridized carbons (Fsp3) is 0.611. The Hall–Kier alpha value is -1.62. The first-order chi connectivity index (χ1) is 11.2. The molecular formula is C18H25FN3O+. The van der Waals surface area contributed by atoms with Gasteiger partial charge in [0.15, 0.2) is 0 Å². The van der Waals surface area contributed by atoms with E-state index in [0.29, 0.717) is 12.1 Å². The van der Waals surface area contributed by atoms with E-state index in [4.69, 9.17) is 0 Å². The van der Waals surface area contributed by atoms with Gasteiger partial charge >= 0.3 is 6.03 Å². The number of halogens is 1. The zero-order valence-corrected chi connectivity index (χ0v) is 13.4. The Bertz CT molecular complexity index is 575. The molecule has 4 rings (SSSR count). The maximum Gasteiger partial charge on any atom is 0.319 e. The molecule has 23 heavy (non-hydrogen) atoms. The predicted octanol–water partition coefficient (Wildman–Crippen LogP) is 2.08. The van der Waals surface area contributed by atoms with Crippen molar-refractivity contribution in [1.82, 2.24) is 5.32 Å². The molecule has 2 atom stereocenters. The third kappa shape index (κ3) is 3.20. The number of hydrogen-bond donors (Lipinski definition) is 3. The number of fused-ring (bicyclic) bond motifs is 2. The molecular weight excluding hydrogens is 293 g/mol. The third-order valence-electron chi connectivity index (χ3n) is 5.69. The Labute approximate surface area is 136 Å². The SMILES string of the molecule is O=C(Nc1ccccc1F)NC1C[C@H]2CCC[C@H](C1)[NH+]2C1CC1. The second kappa shape index (κ2) is 6.11. The fourth-order valence-corrected chi connectivity index (χ4v) is 4.68. The van der Waals surface area contributed by atoms with Crippen LogP contribution >= 0.6 is 0 Å². The van der Waals surface area contributed by atoms with Crippen LogP contribution in [-0.4, -0.2) is 30.2 Å². The number of hydrogen-bond acceptors (Lipinski definition) is 1. The summed E-state index contributed by atoms with van der Waals surface area (Å²) >= 11 is 0. The van der Waals surface area contributed by atoms with Crippen molar-refractivity contribution < 1.29 is 14.1 Å². The van der Waals surface area contributed by atoms with E-state index in [1.54, 1.807) is 18.2 Å². The first kappa shape index (κ1) is 14.9. The standard InChI is InChI=1S/C18H24FN3O/c19-16-6-1-2-7-17(16)21-18(23)20-12-10-14-4-3-5-15(11-12)22(14)13-8-9-13/h1-2,6-7,12-15H,3-5,8-11H2,(H2,20,21,23)/p+1/t14-,15-/m1/s1. The summed E-state index contributed by atoms with van der Waals surface area (Å²) in [6.45, 7) is 0. The van der Waals surface area contributed by atoms with Crippen LogP contribution in [0, 0.1) is 5.82 Å². The number of carbonyl (C=O) groups excluding carboxylic acids is 1. The maximum atomic E-state index is 13.6. The van der Waals surface area contributed by atoms with Gasteiger partial charge in [-0.2, -0.15) is 0 Å². The monoisotopic (exact) mass is 318 g/mol. The summed E-state index contributed by atoms with van der Waals surface area (Å²) in [5.41, 5.74) is 0.242. The summed E-state index contributed by atoms with van der Waals surface area (Å²) in [5, 5.41) is 5.71. The molecule has 1 saturated carbocycles. The van der Waals surface area contributed by atoms with Gasteiger partial charge in [-0.05, 0) is 31.4 Å². The minimum absolute atomic E-state index is 0.222. The molecule has 1 aromatic carbocycles. The first-order valence-corrected chi connectivity index (χ1v) is 8.89. The van der Waals surface area contributed by atoms with Crippen molar-refractivity contribution in [3.05, 3.63) is 30.1 Å². The van der Waals surface area contributed by atoms with Gasteiger partial charge < -0.3 is 15.5 Å². The Morgan fingerprint density at radius 3 is 2.39 bits per heavy atom. The van der Waals surface area contributed by atoms with Gasteiger partial charge in [0.05, 0.1) is 23.8 Å². The Kier molecular flexibility index (Phi) is 3.97. The number of para-hydroxylation sites is 1. The highest BCUT2D eigenvalue weighted by atomic mass is 19.1. The average molecular weight is 318 g/mol. The molecule has 3 N–H and O–H groups in total. The number of carbonyl (C=O) groups is 1. The third-order valence-corrected chi connectivity index (χ3v) is 5.69. The van der Waals surface area contributed by atoms with Gasteiger partial charge in [0.25, 0.3) is 0 Å². The van der Waals surface area contributed by atoms with Crippen molar-refractivity contribution in [2.45, 2.75) is 69.1 Å². The summed E-state index contributed by atoms with van der Waals surface area (Å²) in [4.78, 5) is 14.0. The van der Waals surface area contributed by atoms with Gasteiger partial charge in [0.2, 0.25) is 0 Å². The van der Waals surface area contributed by atoms with Crippen LogP contribution < -0.4 is 15.5 Å². The van der Waals surface area contributed by atoms with Crippen LogP contribution in [0.2, 0.25) is 0 Å². The van der Waals surface area contributed by atoms with Crippen LogP contribution in [0.4, 0.5) is 14.9 Å². The fourth-order valence-electron chi connectivity index (χ4n) is 4.68.